The van der Waals surface area contributed by atoms with Crippen LogP contribution in [-0.4, -0.2) is 14.9 Å². The van der Waals surface area contributed by atoms with Crippen molar-refractivity contribution in [2.75, 3.05) is 0 Å². The summed E-state index contributed by atoms with van der Waals surface area (Å²) in [5.74, 6) is 0.541. The quantitative estimate of drug-likeness (QED) is 0.595. The predicted molar refractivity (Wildman–Crippen MR) is 121 cm³/mol. The first-order valence-electron chi connectivity index (χ1n) is 11.0. The molecule has 156 valence electrons. The number of nitrogens with zero attached hydrogens (tertiary/aromatic N) is 3. The van der Waals surface area contributed by atoms with Gasteiger partial charge in [-0.3, -0.25) is 4.68 Å². The molecule has 0 fully saturated rings. The van der Waals surface area contributed by atoms with Crippen molar-refractivity contribution in [2.24, 2.45) is 11.8 Å². The molecule has 1 aromatic heterocycles. The number of hydrogen-bond acceptors (Lipinski definition) is 3. The van der Waals surface area contributed by atoms with Gasteiger partial charge in [-0.25, -0.2) is 0 Å². The van der Waals surface area contributed by atoms with Gasteiger partial charge in [0, 0.05) is 28.2 Å². The first kappa shape index (κ1) is 19.6. The maximum absolute atomic E-state index is 10.7. The minimum absolute atomic E-state index is 0.0261. The maximum Gasteiger partial charge on any atom is 0.109 e. The van der Waals surface area contributed by atoms with Gasteiger partial charge < -0.3 is 5.11 Å². The average Bonchev–Trinajstić information content (AvgIpc) is 3.17. The SMILES string of the molecule is C[C@H]1C(O)=C(C#N)C[C@@]2(C)c3c(c(-c4ccccc4)nn3Cc3ccccc3)CC[C@H]12. The molecular weight excluding hydrogens is 382 g/mol. The molecule has 0 saturated heterocycles. The number of hydrogen-bond donors (Lipinski definition) is 1. The van der Waals surface area contributed by atoms with Crippen LogP contribution in [0.3, 0.4) is 0 Å². The van der Waals surface area contributed by atoms with E-state index < -0.39 is 0 Å². The van der Waals surface area contributed by atoms with Crippen LogP contribution in [0.25, 0.3) is 11.3 Å². The van der Waals surface area contributed by atoms with E-state index in [0.29, 0.717) is 18.5 Å². The summed E-state index contributed by atoms with van der Waals surface area (Å²) >= 11 is 0. The highest BCUT2D eigenvalue weighted by molar-refractivity contribution is 5.66. The molecule has 4 nitrogen and oxygen atoms in total. The highest BCUT2D eigenvalue weighted by Gasteiger charge is 2.51. The molecule has 31 heavy (non-hydrogen) atoms. The molecule has 5 rings (SSSR count). The zero-order chi connectivity index (χ0) is 21.6. The molecular formula is C27H27N3O. The molecule has 2 aliphatic carbocycles. The predicted octanol–water partition coefficient (Wildman–Crippen LogP) is 5.79. The number of aromatic nitrogens is 2. The largest absolute Gasteiger partial charge is 0.511 e. The first-order chi connectivity index (χ1) is 15.0. The fourth-order valence-electron chi connectivity index (χ4n) is 5.90. The van der Waals surface area contributed by atoms with Crippen LogP contribution in [0.1, 0.15) is 43.5 Å². The lowest BCUT2D eigenvalue weighted by Crippen LogP contribution is -2.45. The molecule has 1 heterocycles. The van der Waals surface area contributed by atoms with Crippen LogP contribution in [0, 0.1) is 23.2 Å². The van der Waals surface area contributed by atoms with Crippen LogP contribution in [0.15, 0.2) is 72.0 Å². The van der Waals surface area contributed by atoms with Gasteiger partial charge >= 0.3 is 0 Å². The van der Waals surface area contributed by atoms with Crippen LogP contribution in [0.2, 0.25) is 0 Å². The Balaban J connectivity index is 1.71. The molecule has 3 atom stereocenters. The Kier molecular flexibility index (Phi) is 4.70. The standard InChI is InChI=1S/C27H27N3O/c1-18-23-14-13-22-24(20-11-7-4-8-12-20)29-30(17-19-9-5-3-6-10-19)26(22)27(23,2)15-21(16-28)25(18)31/h3-12,18,23,31H,13-15,17H2,1-2H3/t18-,23-,27-/m1/s1. The molecule has 0 aliphatic heterocycles. The van der Waals surface area contributed by atoms with Crippen molar-refractivity contribution < 1.29 is 5.11 Å². The van der Waals surface area contributed by atoms with Crippen molar-refractivity contribution in [1.82, 2.24) is 9.78 Å². The van der Waals surface area contributed by atoms with Crippen LogP contribution >= 0.6 is 0 Å². The van der Waals surface area contributed by atoms with E-state index in [4.69, 9.17) is 5.10 Å². The van der Waals surface area contributed by atoms with Crippen molar-refractivity contribution in [3.05, 3.63) is 88.8 Å². The second-order valence-corrected chi connectivity index (χ2v) is 9.19. The van der Waals surface area contributed by atoms with Crippen LogP contribution in [-0.2, 0) is 18.4 Å². The number of benzene rings is 2. The van der Waals surface area contributed by atoms with Gasteiger partial charge in [-0.05, 0) is 30.7 Å². The number of rotatable bonds is 3. The van der Waals surface area contributed by atoms with Crippen molar-refractivity contribution in [3.8, 4) is 17.3 Å². The maximum atomic E-state index is 10.7. The molecule has 0 saturated carbocycles. The molecule has 3 aromatic rings. The fraction of sp³-hybridized carbons (Fsp3) is 0.333. The Hall–Kier alpha value is -3.32. The van der Waals surface area contributed by atoms with E-state index in [-0.39, 0.29) is 23.0 Å². The van der Waals surface area contributed by atoms with Gasteiger partial charge in [0.15, 0.2) is 0 Å². The minimum atomic E-state index is -0.237. The molecule has 0 radical (unpaired) electrons. The lowest BCUT2D eigenvalue weighted by atomic mass is 9.56. The van der Waals surface area contributed by atoms with Crippen LogP contribution in [0.4, 0.5) is 0 Å². The lowest BCUT2D eigenvalue weighted by molar-refractivity contribution is 0.132. The van der Waals surface area contributed by atoms with E-state index in [2.05, 4.69) is 73.1 Å². The van der Waals surface area contributed by atoms with E-state index >= 15 is 0 Å². The van der Waals surface area contributed by atoms with Crippen molar-refractivity contribution in [2.45, 2.75) is 45.1 Å². The molecule has 2 aromatic carbocycles. The van der Waals surface area contributed by atoms with Crippen LogP contribution in [0.5, 0.6) is 0 Å². The minimum Gasteiger partial charge on any atom is -0.511 e. The zero-order valence-electron chi connectivity index (χ0n) is 18.0. The van der Waals surface area contributed by atoms with Gasteiger partial charge in [-0.15, -0.1) is 0 Å². The molecule has 4 heteroatoms. The third-order valence-corrected chi connectivity index (χ3v) is 7.36. The topological polar surface area (TPSA) is 61.8 Å². The third-order valence-electron chi connectivity index (χ3n) is 7.36. The summed E-state index contributed by atoms with van der Waals surface area (Å²) in [6.07, 6.45) is 2.49. The van der Waals surface area contributed by atoms with Crippen LogP contribution < -0.4 is 0 Å². The Morgan fingerprint density at radius 2 is 1.81 bits per heavy atom. The van der Waals surface area contributed by atoms with E-state index in [1.807, 2.05) is 12.1 Å². The fourth-order valence-corrected chi connectivity index (χ4v) is 5.90. The Morgan fingerprint density at radius 1 is 1.13 bits per heavy atom. The van der Waals surface area contributed by atoms with Gasteiger partial charge in [0.1, 0.15) is 5.76 Å². The molecule has 1 N–H and O–H groups in total. The smallest absolute Gasteiger partial charge is 0.109 e. The Labute approximate surface area is 183 Å². The first-order valence-corrected chi connectivity index (χ1v) is 11.0. The number of aliphatic hydroxyl groups excluding tert-OH is 1. The summed E-state index contributed by atoms with van der Waals surface area (Å²) in [6, 6.07) is 23.1. The normalized spacial score (nSPS) is 24.9. The summed E-state index contributed by atoms with van der Waals surface area (Å²) in [7, 11) is 0. The van der Waals surface area contributed by atoms with Gasteiger partial charge in [0.05, 0.1) is 23.9 Å². The van der Waals surface area contributed by atoms with Crippen molar-refractivity contribution in [1.29, 1.82) is 5.26 Å². The van der Waals surface area contributed by atoms with E-state index in [0.717, 1.165) is 24.1 Å². The Morgan fingerprint density at radius 3 is 2.48 bits per heavy atom. The second-order valence-electron chi connectivity index (χ2n) is 9.19. The summed E-state index contributed by atoms with van der Waals surface area (Å²) < 4.78 is 2.17. The average molecular weight is 410 g/mol. The summed E-state index contributed by atoms with van der Waals surface area (Å²) in [4.78, 5) is 0. The molecule has 0 amide bonds. The summed E-state index contributed by atoms with van der Waals surface area (Å²) in [5, 5.41) is 25.5. The van der Waals surface area contributed by atoms with Gasteiger partial charge in [0.2, 0.25) is 0 Å². The van der Waals surface area contributed by atoms with E-state index in [9.17, 15) is 10.4 Å². The highest BCUT2D eigenvalue weighted by Crippen LogP contribution is 2.54. The van der Waals surface area contributed by atoms with E-state index in [1.54, 1.807) is 0 Å². The second kappa shape index (κ2) is 7.42. The number of allylic oxidation sites excluding steroid dienone is 2. The molecule has 2 aliphatic rings. The van der Waals surface area contributed by atoms with Gasteiger partial charge in [-0.1, -0.05) is 74.5 Å². The molecule has 0 bridgehead atoms. The number of nitriles is 1. The lowest BCUT2D eigenvalue weighted by Gasteiger charge is -2.48. The summed E-state index contributed by atoms with van der Waals surface area (Å²) in [5.41, 5.74) is 6.21. The van der Waals surface area contributed by atoms with E-state index in [1.165, 1.54) is 16.8 Å². The van der Waals surface area contributed by atoms with Crippen molar-refractivity contribution in [3.63, 3.8) is 0 Å². The number of fused-ring (bicyclic) bond motifs is 3. The highest BCUT2D eigenvalue weighted by atomic mass is 16.3. The monoisotopic (exact) mass is 409 g/mol. The molecule has 0 unspecified atom stereocenters. The van der Waals surface area contributed by atoms with Gasteiger partial charge in [-0.2, -0.15) is 10.4 Å². The zero-order valence-corrected chi connectivity index (χ0v) is 18.0. The summed E-state index contributed by atoms with van der Waals surface area (Å²) in [6.45, 7) is 5.04. The van der Waals surface area contributed by atoms with Gasteiger partial charge in [0.25, 0.3) is 0 Å². The number of aliphatic hydroxyl groups is 1. The van der Waals surface area contributed by atoms with Crippen molar-refractivity contribution >= 4 is 0 Å². The molecule has 0 spiro atoms. The Bertz CT molecular complexity index is 1190. The third kappa shape index (κ3) is 3.08.